The van der Waals surface area contributed by atoms with Crippen molar-refractivity contribution in [3.8, 4) is 5.75 Å². The van der Waals surface area contributed by atoms with Crippen LogP contribution in [0.3, 0.4) is 0 Å². The second kappa shape index (κ2) is 7.48. The first-order chi connectivity index (χ1) is 8.68. The lowest BCUT2D eigenvalue weighted by atomic mass is 10.1. The lowest BCUT2D eigenvalue weighted by Crippen LogP contribution is -2.56. The summed E-state index contributed by atoms with van der Waals surface area (Å²) in [4.78, 5) is 13.7. The molecule has 1 N–H and O–H groups in total. The summed E-state index contributed by atoms with van der Waals surface area (Å²) in [5, 5.41) is 3.25. The second-order valence-corrected chi connectivity index (χ2v) is 4.69. The van der Waals surface area contributed by atoms with Crippen molar-refractivity contribution in [3.05, 3.63) is 29.8 Å². The van der Waals surface area contributed by atoms with E-state index in [1.54, 1.807) is 13.0 Å². The predicted octanol–water partition coefficient (Wildman–Crippen LogP) is 1.59. The maximum atomic E-state index is 11.4. The zero-order chi connectivity index (χ0) is 13.0. The van der Waals surface area contributed by atoms with Crippen molar-refractivity contribution in [1.29, 1.82) is 0 Å². The van der Waals surface area contributed by atoms with E-state index in [1.165, 1.54) is 0 Å². The van der Waals surface area contributed by atoms with Gasteiger partial charge < -0.3 is 10.1 Å². The first-order valence-electron chi connectivity index (χ1n) is 6.32. The fourth-order valence-electron chi connectivity index (χ4n) is 1.95. The summed E-state index contributed by atoms with van der Waals surface area (Å²) in [6.45, 7) is 5.16. The normalized spacial score (nSPS) is 14.7. The molecule has 1 saturated heterocycles. The number of rotatable bonds is 6. The van der Waals surface area contributed by atoms with Gasteiger partial charge in [0.2, 0.25) is 0 Å². The first kappa shape index (κ1) is 16.0. The van der Waals surface area contributed by atoms with Crippen molar-refractivity contribution in [2.24, 2.45) is 0 Å². The van der Waals surface area contributed by atoms with E-state index in [1.807, 2.05) is 18.2 Å². The molecule has 1 aliphatic heterocycles. The smallest absolute Gasteiger partial charge is 0.163 e. The van der Waals surface area contributed by atoms with Gasteiger partial charge in [-0.1, -0.05) is 12.1 Å². The third-order valence-electron chi connectivity index (χ3n) is 3.35. The molecule has 0 atom stereocenters. The highest BCUT2D eigenvalue weighted by Crippen LogP contribution is 2.18. The molecule has 0 amide bonds. The van der Waals surface area contributed by atoms with Crippen molar-refractivity contribution in [1.82, 2.24) is 10.2 Å². The van der Waals surface area contributed by atoms with Crippen LogP contribution in [-0.2, 0) is 0 Å². The van der Waals surface area contributed by atoms with Crippen LogP contribution in [0, 0.1) is 0 Å². The Hall–Kier alpha value is -1.10. The standard InChI is InChI=1S/C14H20N2O2.ClH/c1-11(17)13-5-3-4-6-14(13)18-8-7-16(2)12-9-15-10-12;/h3-6,12,15H,7-10H2,1-2H3;1H. The van der Waals surface area contributed by atoms with Crippen LogP contribution in [0.15, 0.2) is 24.3 Å². The summed E-state index contributed by atoms with van der Waals surface area (Å²) in [6.07, 6.45) is 0. The molecule has 0 radical (unpaired) electrons. The van der Waals surface area contributed by atoms with Gasteiger partial charge in [0, 0.05) is 25.7 Å². The van der Waals surface area contributed by atoms with E-state index in [9.17, 15) is 4.79 Å². The summed E-state index contributed by atoms with van der Waals surface area (Å²) in [7, 11) is 2.10. The number of Topliss-reactive ketones (excluding diaryl/α,β-unsaturated/α-hetero) is 1. The Morgan fingerprint density at radius 3 is 2.68 bits per heavy atom. The number of ketones is 1. The molecule has 0 aliphatic carbocycles. The van der Waals surface area contributed by atoms with Gasteiger partial charge >= 0.3 is 0 Å². The van der Waals surface area contributed by atoms with E-state index < -0.39 is 0 Å². The highest BCUT2D eigenvalue weighted by atomic mass is 35.5. The Kier molecular flexibility index (Phi) is 6.28. The SMILES string of the molecule is CC(=O)c1ccccc1OCCN(C)C1CNC1.Cl. The number of benzene rings is 1. The van der Waals surface area contributed by atoms with Gasteiger partial charge in [-0.05, 0) is 26.1 Å². The fourth-order valence-corrected chi connectivity index (χ4v) is 1.95. The fraction of sp³-hybridized carbons (Fsp3) is 0.500. The summed E-state index contributed by atoms with van der Waals surface area (Å²) >= 11 is 0. The van der Waals surface area contributed by atoms with E-state index in [2.05, 4.69) is 17.3 Å². The molecule has 1 fully saturated rings. The summed E-state index contributed by atoms with van der Waals surface area (Å²) in [5.41, 5.74) is 0.658. The van der Waals surface area contributed by atoms with E-state index in [0.29, 0.717) is 24.0 Å². The number of likely N-dealkylation sites (N-methyl/N-ethyl adjacent to an activating group) is 1. The Morgan fingerprint density at radius 1 is 1.42 bits per heavy atom. The predicted molar refractivity (Wildman–Crippen MR) is 78.5 cm³/mol. The van der Waals surface area contributed by atoms with Crippen molar-refractivity contribution in [3.63, 3.8) is 0 Å². The number of hydrogen-bond donors (Lipinski definition) is 1. The molecule has 0 bridgehead atoms. The quantitative estimate of drug-likeness (QED) is 0.806. The average molecular weight is 285 g/mol. The average Bonchev–Trinajstić information content (AvgIpc) is 2.27. The molecule has 0 aromatic heterocycles. The third kappa shape index (κ3) is 4.20. The first-order valence-corrected chi connectivity index (χ1v) is 6.32. The zero-order valence-electron chi connectivity index (χ0n) is 11.4. The number of carbonyl (C=O) groups is 1. The van der Waals surface area contributed by atoms with Gasteiger partial charge in [-0.2, -0.15) is 0 Å². The monoisotopic (exact) mass is 284 g/mol. The van der Waals surface area contributed by atoms with Crippen LogP contribution in [-0.4, -0.2) is 50.0 Å². The number of ether oxygens (including phenoxy) is 1. The summed E-state index contributed by atoms with van der Waals surface area (Å²) < 4.78 is 5.70. The van der Waals surface area contributed by atoms with Gasteiger partial charge in [0.25, 0.3) is 0 Å². The molecule has 1 aromatic carbocycles. The van der Waals surface area contributed by atoms with E-state index >= 15 is 0 Å². The van der Waals surface area contributed by atoms with Crippen molar-refractivity contribution < 1.29 is 9.53 Å². The van der Waals surface area contributed by atoms with E-state index in [0.717, 1.165) is 19.6 Å². The largest absolute Gasteiger partial charge is 0.491 e. The van der Waals surface area contributed by atoms with Gasteiger partial charge in [0.05, 0.1) is 5.56 Å². The molecular formula is C14H21ClN2O2. The molecule has 1 aliphatic rings. The molecule has 2 rings (SSSR count). The Bertz CT molecular complexity index is 422. The highest BCUT2D eigenvalue weighted by Gasteiger charge is 2.20. The second-order valence-electron chi connectivity index (χ2n) is 4.69. The maximum Gasteiger partial charge on any atom is 0.163 e. The van der Waals surface area contributed by atoms with Crippen LogP contribution in [0.5, 0.6) is 5.75 Å². The van der Waals surface area contributed by atoms with Gasteiger partial charge in [-0.3, -0.25) is 9.69 Å². The summed E-state index contributed by atoms with van der Waals surface area (Å²) in [5.74, 6) is 0.729. The molecule has 19 heavy (non-hydrogen) atoms. The molecule has 0 saturated carbocycles. The highest BCUT2D eigenvalue weighted by molar-refractivity contribution is 5.96. The molecule has 1 heterocycles. The van der Waals surface area contributed by atoms with Crippen molar-refractivity contribution in [2.75, 3.05) is 33.3 Å². The van der Waals surface area contributed by atoms with Gasteiger partial charge in [-0.25, -0.2) is 0 Å². The van der Waals surface area contributed by atoms with Crippen LogP contribution >= 0.6 is 12.4 Å². The Labute approximate surface area is 120 Å². The van der Waals surface area contributed by atoms with Crippen LogP contribution in [0.1, 0.15) is 17.3 Å². The Morgan fingerprint density at radius 2 is 2.11 bits per heavy atom. The molecule has 5 heteroatoms. The minimum atomic E-state index is 0. The number of nitrogens with one attached hydrogen (secondary N) is 1. The van der Waals surface area contributed by atoms with Crippen molar-refractivity contribution >= 4 is 18.2 Å². The van der Waals surface area contributed by atoms with Crippen LogP contribution in [0.25, 0.3) is 0 Å². The number of halogens is 1. The summed E-state index contributed by atoms with van der Waals surface area (Å²) in [6, 6.07) is 8.02. The molecule has 0 unspecified atom stereocenters. The molecule has 0 spiro atoms. The topological polar surface area (TPSA) is 41.6 Å². The van der Waals surface area contributed by atoms with Crippen LogP contribution < -0.4 is 10.1 Å². The molecule has 106 valence electrons. The van der Waals surface area contributed by atoms with Crippen molar-refractivity contribution in [2.45, 2.75) is 13.0 Å². The zero-order valence-corrected chi connectivity index (χ0v) is 12.2. The van der Waals surface area contributed by atoms with Gasteiger partial charge in [0.1, 0.15) is 12.4 Å². The minimum Gasteiger partial charge on any atom is -0.491 e. The maximum absolute atomic E-state index is 11.4. The van der Waals surface area contributed by atoms with E-state index in [4.69, 9.17) is 4.74 Å². The van der Waals surface area contributed by atoms with Gasteiger partial charge in [-0.15, -0.1) is 12.4 Å². The molecule has 4 nitrogen and oxygen atoms in total. The molecular weight excluding hydrogens is 264 g/mol. The van der Waals surface area contributed by atoms with Crippen LogP contribution in [0.4, 0.5) is 0 Å². The lowest BCUT2D eigenvalue weighted by Gasteiger charge is -2.35. The lowest BCUT2D eigenvalue weighted by molar-refractivity contribution is 0.101. The van der Waals surface area contributed by atoms with Gasteiger partial charge in [0.15, 0.2) is 5.78 Å². The van der Waals surface area contributed by atoms with E-state index in [-0.39, 0.29) is 18.2 Å². The minimum absolute atomic E-state index is 0. The third-order valence-corrected chi connectivity index (χ3v) is 3.35. The molecule has 1 aromatic rings. The number of para-hydroxylation sites is 1. The number of nitrogens with zero attached hydrogens (tertiary/aromatic N) is 1. The Balaban J connectivity index is 0.00000180. The number of hydrogen-bond acceptors (Lipinski definition) is 4. The number of carbonyl (C=O) groups excluding carboxylic acids is 1. The van der Waals surface area contributed by atoms with Crippen LogP contribution in [0.2, 0.25) is 0 Å².